The van der Waals surface area contributed by atoms with E-state index in [0.717, 1.165) is 33.6 Å². The Bertz CT molecular complexity index is 894. The molecule has 0 fully saturated rings. The molecule has 0 saturated heterocycles. The highest BCUT2D eigenvalue weighted by atomic mass is 32.1. The van der Waals surface area contributed by atoms with Crippen molar-refractivity contribution in [2.75, 3.05) is 19.1 Å². The van der Waals surface area contributed by atoms with Gasteiger partial charge in [-0.3, -0.25) is 9.69 Å². The van der Waals surface area contributed by atoms with Crippen LogP contribution in [-0.2, 0) is 9.47 Å². The molecule has 0 saturated carbocycles. The number of carbonyl (C=O) groups excluding carboxylic acids is 1. The molecule has 1 unspecified atom stereocenters. The van der Waals surface area contributed by atoms with Gasteiger partial charge in [-0.05, 0) is 36.3 Å². The molecule has 0 N–H and O–H groups in total. The van der Waals surface area contributed by atoms with Crippen LogP contribution in [0.1, 0.15) is 23.0 Å². The zero-order valence-corrected chi connectivity index (χ0v) is 16.0. The molecule has 1 heterocycles. The summed E-state index contributed by atoms with van der Waals surface area (Å²) in [5.41, 5.74) is 2.12. The van der Waals surface area contributed by atoms with Crippen LogP contribution >= 0.6 is 11.5 Å². The molecule has 1 atom stereocenters. The second-order valence-corrected chi connectivity index (χ2v) is 6.61. The number of carbonyl (C=O) groups is 1. The Hall–Kier alpha value is -2.35. The van der Waals surface area contributed by atoms with Crippen molar-refractivity contribution in [2.24, 2.45) is 0 Å². The number of ether oxygens (including phenoxy) is 2. The fraction of sp³-hybridized carbons (Fsp3) is 0.316. The van der Waals surface area contributed by atoms with E-state index in [1.54, 1.807) is 24.5 Å². The van der Waals surface area contributed by atoms with Crippen LogP contribution in [0.3, 0.4) is 0 Å². The van der Waals surface area contributed by atoms with E-state index in [4.69, 9.17) is 9.47 Å². The first-order valence-electron chi connectivity index (χ1n) is 8.23. The number of fused-ring (bicyclic) bond motifs is 1. The first-order valence-corrected chi connectivity index (χ1v) is 9.06. The monoisotopic (exact) mass is 371 g/mol. The maximum Gasteiger partial charge on any atom is 0.280 e. The Morgan fingerprint density at radius 2 is 1.88 bits per heavy atom. The largest absolute Gasteiger partial charge is 0.354 e. The Kier molecular flexibility index (Phi) is 5.61. The number of aryl methyl sites for hydroxylation is 1. The highest BCUT2D eigenvalue weighted by molar-refractivity contribution is 7.03. The SMILES string of the molecule is COC(OC)C(C)N(C(=O)c1csnn1)c1c(C)ccc2ccccc12. The van der Waals surface area contributed by atoms with E-state index < -0.39 is 6.29 Å². The van der Waals surface area contributed by atoms with E-state index in [2.05, 4.69) is 15.7 Å². The minimum absolute atomic E-state index is 0.232. The summed E-state index contributed by atoms with van der Waals surface area (Å²) in [6.07, 6.45) is -0.580. The highest BCUT2D eigenvalue weighted by Crippen LogP contribution is 2.34. The molecule has 0 spiro atoms. The predicted molar refractivity (Wildman–Crippen MR) is 103 cm³/mol. The topological polar surface area (TPSA) is 64.6 Å². The lowest BCUT2D eigenvalue weighted by Gasteiger charge is -2.34. The van der Waals surface area contributed by atoms with Gasteiger partial charge in [-0.25, -0.2) is 0 Å². The fourth-order valence-corrected chi connectivity index (χ4v) is 3.60. The lowest BCUT2D eigenvalue weighted by atomic mass is 10.0. The Balaban J connectivity index is 2.21. The minimum Gasteiger partial charge on any atom is -0.354 e. The third-order valence-corrected chi connectivity index (χ3v) is 4.91. The van der Waals surface area contributed by atoms with Gasteiger partial charge in [0.25, 0.3) is 5.91 Å². The van der Waals surface area contributed by atoms with Crippen molar-refractivity contribution in [3.05, 3.63) is 53.0 Å². The number of nitrogens with zero attached hydrogens (tertiary/aromatic N) is 3. The number of benzene rings is 2. The van der Waals surface area contributed by atoms with Crippen LogP contribution in [0.5, 0.6) is 0 Å². The minimum atomic E-state index is -0.580. The van der Waals surface area contributed by atoms with Gasteiger partial charge >= 0.3 is 0 Å². The lowest BCUT2D eigenvalue weighted by Crippen LogP contribution is -2.47. The van der Waals surface area contributed by atoms with Crippen LogP contribution in [0.2, 0.25) is 0 Å². The maximum atomic E-state index is 13.3. The number of aromatic nitrogens is 2. The predicted octanol–water partition coefficient (Wildman–Crippen LogP) is 3.65. The molecule has 3 rings (SSSR count). The third kappa shape index (κ3) is 3.33. The number of hydrogen-bond donors (Lipinski definition) is 0. The molecule has 26 heavy (non-hydrogen) atoms. The summed E-state index contributed by atoms with van der Waals surface area (Å²) in [6.45, 7) is 3.89. The first-order chi connectivity index (χ1) is 12.6. The summed E-state index contributed by atoms with van der Waals surface area (Å²) in [4.78, 5) is 15.0. The molecule has 0 bridgehead atoms. The molecule has 3 aromatic rings. The van der Waals surface area contributed by atoms with Gasteiger partial charge in [0.05, 0.1) is 11.7 Å². The standard InChI is InChI=1S/C19H21N3O3S/c1-12-9-10-14-7-5-6-8-15(14)17(12)22(13(2)19(24-3)25-4)18(23)16-11-26-21-20-16/h5-11,13,19H,1-4H3. The van der Waals surface area contributed by atoms with Crippen molar-refractivity contribution in [1.29, 1.82) is 0 Å². The van der Waals surface area contributed by atoms with Crippen LogP contribution in [-0.4, -0.2) is 42.0 Å². The average Bonchev–Trinajstić information content (AvgIpc) is 3.19. The number of anilines is 1. The van der Waals surface area contributed by atoms with Crippen molar-refractivity contribution < 1.29 is 14.3 Å². The second-order valence-electron chi connectivity index (χ2n) is 6.00. The molecule has 7 heteroatoms. The molecule has 0 aliphatic carbocycles. The van der Waals surface area contributed by atoms with Gasteiger partial charge in [0.2, 0.25) is 0 Å². The van der Waals surface area contributed by atoms with Gasteiger partial charge < -0.3 is 9.47 Å². The summed E-state index contributed by atoms with van der Waals surface area (Å²) in [5.74, 6) is -0.232. The number of methoxy groups -OCH3 is 2. The van der Waals surface area contributed by atoms with E-state index >= 15 is 0 Å². The van der Waals surface area contributed by atoms with E-state index in [-0.39, 0.29) is 11.9 Å². The number of amides is 1. The van der Waals surface area contributed by atoms with Crippen LogP contribution in [0.4, 0.5) is 5.69 Å². The molecule has 1 aromatic heterocycles. The van der Waals surface area contributed by atoms with Crippen molar-refractivity contribution in [3.8, 4) is 0 Å². The third-order valence-electron chi connectivity index (χ3n) is 4.41. The van der Waals surface area contributed by atoms with Crippen LogP contribution < -0.4 is 4.90 Å². The fourth-order valence-electron chi connectivity index (χ4n) is 3.17. The Labute approximate surface area is 156 Å². The number of rotatable bonds is 6. The molecule has 136 valence electrons. The van der Waals surface area contributed by atoms with E-state index in [0.29, 0.717) is 5.69 Å². The van der Waals surface area contributed by atoms with Crippen molar-refractivity contribution in [1.82, 2.24) is 9.59 Å². The normalized spacial score (nSPS) is 12.5. The van der Waals surface area contributed by atoms with Crippen LogP contribution in [0.15, 0.2) is 41.8 Å². The summed E-state index contributed by atoms with van der Waals surface area (Å²) >= 11 is 1.15. The summed E-state index contributed by atoms with van der Waals surface area (Å²) in [5, 5.41) is 7.66. The summed E-state index contributed by atoms with van der Waals surface area (Å²) < 4.78 is 14.7. The quantitative estimate of drug-likeness (QED) is 0.619. The van der Waals surface area contributed by atoms with Crippen molar-refractivity contribution in [2.45, 2.75) is 26.2 Å². The maximum absolute atomic E-state index is 13.3. The number of hydrogen-bond acceptors (Lipinski definition) is 6. The molecular formula is C19H21N3O3S. The molecule has 0 aliphatic rings. The molecule has 0 radical (unpaired) electrons. The summed E-state index contributed by atoms with van der Waals surface area (Å²) in [7, 11) is 3.13. The lowest BCUT2D eigenvalue weighted by molar-refractivity contribution is -0.113. The average molecular weight is 371 g/mol. The smallest absolute Gasteiger partial charge is 0.280 e. The van der Waals surface area contributed by atoms with E-state index in [1.165, 1.54) is 0 Å². The van der Waals surface area contributed by atoms with Gasteiger partial charge in [-0.2, -0.15) is 0 Å². The zero-order valence-electron chi connectivity index (χ0n) is 15.2. The molecule has 2 aromatic carbocycles. The Morgan fingerprint density at radius 1 is 1.15 bits per heavy atom. The van der Waals surface area contributed by atoms with Gasteiger partial charge in [0.1, 0.15) is 0 Å². The molecular weight excluding hydrogens is 350 g/mol. The first kappa shape index (κ1) is 18.4. The van der Waals surface area contributed by atoms with E-state index in [9.17, 15) is 4.79 Å². The van der Waals surface area contributed by atoms with E-state index in [1.807, 2.05) is 44.2 Å². The van der Waals surface area contributed by atoms with Gasteiger partial charge in [0, 0.05) is 25.0 Å². The highest BCUT2D eigenvalue weighted by Gasteiger charge is 2.32. The molecule has 6 nitrogen and oxygen atoms in total. The van der Waals surface area contributed by atoms with Crippen LogP contribution in [0, 0.1) is 6.92 Å². The van der Waals surface area contributed by atoms with Crippen LogP contribution in [0.25, 0.3) is 10.8 Å². The molecule has 1 amide bonds. The second kappa shape index (κ2) is 7.90. The van der Waals surface area contributed by atoms with Gasteiger partial charge in [-0.15, -0.1) is 5.10 Å². The van der Waals surface area contributed by atoms with Crippen molar-refractivity contribution in [3.63, 3.8) is 0 Å². The molecule has 0 aliphatic heterocycles. The van der Waals surface area contributed by atoms with Gasteiger partial charge in [0.15, 0.2) is 12.0 Å². The van der Waals surface area contributed by atoms with Crippen molar-refractivity contribution >= 4 is 33.9 Å². The summed E-state index contributed by atoms with van der Waals surface area (Å²) in [6, 6.07) is 11.7. The zero-order chi connectivity index (χ0) is 18.7. The van der Waals surface area contributed by atoms with Gasteiger partial charge in [-0.1, -0.05) is 40.9 Å². The Morgan fingerprint density at radius 3 is 2.54 bits per heavy atom.